The number of nitrogens with zero attached hydrogens (tertiary/aromatic N) is 3. The third kappa shape index (κ3) is 3.83. The Morgan fingerprint density at radius 3 is 2.60 bits per heavy atom. The third-order valence-electron chi connectivity index (χ3n) is 2.29. The number of nitrogens with two attached hydrogens (primary N) is 1. The van der Waals surface area contributed by atoms with Crippen LogP contribution in [0.4, 0.5) is 5.82 Å². The molecule has 4 heteroatoms. The van der Waals surface area contributed by atoms with Gasteiger partial charge < -0.3 is 10.6 Å². The number of rotatable bonds is 6. The molecule has 0 radical (unpaired) electrons. The van der Waals surface area contributed by atoms with E-state index in [-0.39, 0.29) is 0 Å². The highest BCUT2D eigenvalue weighted by molar-refractivity contribution is 5.37. The van der Waals surface area contributed by atoms with Crippen molar-refractivity contribution in [2.24, 2.45) is 5.73 Å². The molecule has 1 rings (SSSR count). The second kappa shape index (κ2) is 6.35. The maximum absolute atomic E-state index is 5.58. The van der Waals surface area contributed by atoms with Crippen molar-refractivity contribution in [3.8, 4) is 0 Å². The predicted octanol–water partition coefficient (Wildman–Crippen LogP) is 1.35. The van der Waals surface area contributed by atoms with Crippen LogP contribution in [-0.4, -0.2) is 29.8 Å². The Hall–Kier alpha value is -1.16. The third-order valence-corrected chi connectivity index (χ3v) is 2.29. The van der Waals surface area contributed by atoms with Crippen LogP contribution >= 0.6 is 0 Å². The van der Waals surface area contributed by atoms with Gasteiger partial charge in [0.25, 0.3) is 0 Å². The first-order chi connectivity index (χ1) is 7.27. The lowest BCUT2D eigenvalue weighted by Crippen LogP contribution is -2.31. The summed E-state index contributed by atoms with van der Waals surface area (Å²) in [6.45, 7) is 6.62. The standard InChI is InChI=1S/C11H20N4/c1-3-4-8-15(9-7-12)11-6-5-10(2)13-14-11/h5-6H,3-4,7-9,12H2,1-2H3. The van der Waals surface area contributed by atoms with Gasteiger partial charge in [-0.25, -0.2) is 0 Å². The molecule has 1 aromatic rings. The molecule has 0 aliphatic carbocycles. The summed E-state index contributed by atoms with van der Waals surface area (Å²) < 4.78 is 0. The molecule has 0 aromatic carbocycles. The van der Waals surface area contributed by atoms with Gasteiger partial charge in [0.1, 0.15) is 0 Å². The van der Waals surface area contributed by atoms with Crippen LogP contribution in [-0.2, 0) is 0 Å². The van der Waals surface area contributed by atoms with E-state index < -0.39 is 0 Å². The van der Waals surface area contributed by atoms with Gasteiger partial charge in [0.05, 0.1) is 5.69 Å². The lowest BCUT2D eigenvalue weighted by molar-refractivity contribution is 0.700. The summed E-state index contributed by atoms with van der Waals surface area (Å²) in [7, 11) is 0. The van der Waals surface area contributed by atoms with Crippen molar-refractivity contribution in [3.63, 3.8) is 0 Å². The second-order valence-electron chi connectivity index (χ2n) is 3.66. The Morgan fingerprint density at radius 2 is 2.07 bits per heavy atom. The molecule has 0 amide bonds. The average Bonchev–Trinajstić information content (AvgIpc) is 2.25. The molecule has 0 bridgehead atoms. The zero-order valence-corrected chi connectivity index (χ0v) is 9.61. The fraction of sp³-hybridized carbons (Fsp3) is 0.636. The number of hydrogen-bond donors (Lipinski definition) is 1. The fourth-order valence-corrected chi connectivity index (χ4v) is 1.41. The van der Waals surface area contributed by atoms with Crippen molar-refractivity contribution in [1.82, 2.24) is 10.2 Å². The van der Waals surface area contributed by atoms with Crippen LogP contribution in [0, 0.1) is 6.92 Å². The van der Waals surface area contributed by atoms with Gasteiger partial charge >= 0.3 is 0 Å². The topological polar surface area (TPSA) is 55.0 Å². The monoisotopic (exact) mass is 208 g/mol. The van der Waals surface area contributed by atoms with Gasteiger partial charge in [0.2, 0.25) is 0 Å². The zero-order valence-electron chi connectivity index (χ0n) is 9.61. The van der Waals surface area contributed by atoms with Gasteiger partial charge in [-0.05, 0) is 25.5 Å². The van der Waals surface area contributed by atoms with Crippen LogP contribution in [0.2, 0.25) is 0 Å². The van der Waals surface area contributed by atoms with Crippen molar-refractivity contribution in [1.29, 1.82) is 0 Å². The summed E-state index contributed by atoms with van der Waals surface area (Å²) in [6, 6.07) is 3.99. The van der Waals surface area contributed by atoms with Crippen LogP contribution in [0.5, 0.6) is 0 Å². The molecule has 0 spiro atoms. The van der Waals surface area contributed by atoms with Gasteiger partial charge in [-0.2, -0.15) is 5.10 Å². The van der Waals surface area contributed by atoms with Crippen molar-refractivity contribution in [3.05, 3.63) is 17.8 Å². The summed E-state index contributed by atoms with van der Waals surface area (Å²) in [5, 5.41) is 8.23. The van der Waals surface area contributed by atoms with E-state index >= 15 is 0 Å². The van der Waals surface area contributed by atoms with Crippen LogP contribution < -0.4 is 10.6 Å². The molecule has 0 unspecified atom stereocenters. The van der Waals surface area contributed by atoms with Gasteiger partial charge in [-0.15, -0.1) is 5.10 Å². The van der Waals surface area contributed by atoms with E-state index in [1.807, 2.05) is 19.1 Å². The van der Waals surface area contributed by atoms with Crippen LogP contribution in [0.15, 0.2) is 12.1 Å². The SMILES string of the molecule is CCCCN(CCN)c1ccc(C)nn1. The molecule has 0 fully saturated rings. The molecule has 2 N–H and O–H groups in total. The van der Waals surface area contributed by atoms with E-state index in [0.29, 0.717) is 6.54 Å². The van der Waals surface area contributed by atoms with Crippen molar-refractivity contribution in [2.45, 2.75) is 26.7 Å². The molecule has 1 heterocycles. The lowest BCUT2D eigenvalue weighted by atomic mass is 10.3. The number of aromatic nitrogens is 2. The minimum Gasteiger partial charge on any atom is -0.354 e. The Morgan fingerprint density at radius 1 is 1.27 bits per heavy atom. The zero-order chi connectivity index (χ0) is 11.1. The summed E-state index contributed by atoms with van der Waals surface area (Å²) in [5.41, 5.74) is 6.52. The highest BCUT2D eigenvalue weighted by atomic mass is 15.3. The van der Waals surface area contributed by atoms with Crippen LogP contribution in [0.25, 0.3) is 0 Å². The summed E-state index contributed by atoms with van der Waals surface area (Å²) in [5.74, 6) is 0.930. The molecule has 84 valence electrons. The fourth-order valence-electron chi connectivity index (χ4n) is 1.41. The molecule has 0 saturated carbocycles. The largest absolute Gasteiger partial charge is 0.354 e. The van der Waals surface area contributed by atoms with Gasteiger partial charge in [0.15, 0.2) is 5.82 Å². The van der Waals surface area contributed by atoms with Gasteiger partial charge in [-0.1, -0.05) is 13.3 Å². The molecule has 0 aliphatic rings. The minimum atomic E-state index is 0.652. The van der Waals surface area contributed by atoms with E-state index in [4.69, 9.17) is 5.73 Å². The second-order valence-corrected chi connectivity index (χ2v) is 3.66. The molecule has 4 nitrogen and oxygen atoms in total. The average molecular weight is 208 g/mol. The maximum atomic E-state index is 5.58. The van der Waals surface area contributed by atoms with Crippen LogP contribution in [0.1, 0.15) is 25.5 Å². The van der Waals surface area contributed by atoms with E-state index in [1.165, 1.54) is 6.42 Å². The van der Waals surface area contributed by atoms with Crippen LogP contribution in [0.3, 0.4) is 0 Å². The van der Waals surface area contributed by atoms with E-state index in [0.717, 1.165) is 31.0 Å². The van der Waals surface area contributed by atoms with E-state index in [2.05, 4.69) is 22.0 Å². The number of aryl methyl sites for hydroxylation is 1. The Labute approximate surface area is 91.5 Å². The highest BCUT2D eigenvalue weighted by Crippen LogP contribution is 2.09. The summed E-state index contributed by atoms with van der Waals surface area (Å²) in [6.07, 6.45) is 2.34. The smallest absolute Gasteiger partial charge is 0.151 e. The molecule has 15 heavy (non-hydrogen) atoms. The molecular formula is C11H20N4. The number of anilines is 1. The Kier molecular flexibility index (Phi) is 5.04. The van der Waals surface area contributed by atoms with Crippen molar-refractivity contribution < 1.29 is 0 Å². The molecule has 1 aromatic heterocycles. The summed E-state index contributed by atoms with van der Waals surface area (Å²) in [4.78, 5) is 2.19. The first-order valence-electron chi connectivity index (χ1n) is 5.53. The number of hydrogen-bond acceptors (Lipinski definition) is 4. The van der Waals surface area contributed by atoms with E-state index in [1.54, 1.807) is 0 Å². The highest BCUT2D eigenvalue weighted by Gasteiger charge is 2.06. The first kappa shape index (κ1) is 11.9. The Bertz CT molecular complexity index is 270. The minimum absolute atomic E-state index is 0.652. The molecule has 0 aliphatic heterocycles. The molecule has 0 atom stereocenters. The van der Waals surface area contributed by atoms with Gasteiger partial charge in [0, 0.05) is 19.6 Å². The van der Waals surface area contributed by atoms with Gasteiger partial charge in [-0.3, -0.25) is 0 Å². The van der Waals surface area contributed by atoms with E-state index in [9.17, 15) is 0 Å². The molecular weight excluding hydrogens is 188 g/mol. The lowest BCUT2D eigenvalue weighted by Gasteiger charge is -2.22. The van der Waals surface area contributed by atoms with Crippen molar-refractivity contribution >= 4 is 5.82 Å². The maximum Gasteiger partial charge on any atom is 0.151 e. The number of unbranched alkanes of at least 4 members (excludes halogenated alkanes) is 1. The predicted molar refractivity (Wildman–Crippen MR) is 62.9 cm³/mol. The molecule has 0 saturated heterocycles. The summed E-state index contributed by atoms with van der Waals surface area (Å²) >= 11 is 0. The van der Waals surface area contributed by atoms with Crippen molar-refractivity contribution in [2.75, 3.05) is 24.5 Å². The Balaban J connectivity index is 2.65. The first-order valence-corrected chi connectivity index (χ1v) is 5.53. The normalized spacial score (nSPS) is 10.3. The quantitative estimate of drug-likeness (QED) is 0.766.